The number of aromatic hydroxyl groups is 1. The van der Waals surface area contributed by atoms with Crippen molar-refractivity contribution < 1.29 is 14.6 Å². The summed E-state index contributed by atoms with van der Waals surface area (Å²) >= 11 is 5.81. The topological polar surface area (TPSA) is 70.6 Å². The van der Waals surface area contributed by atoms with Crippen molar-refractivity contribution in [2.24, 2.45) is 0 Å². The number of nitrogens with one attached hydrogen (secondary N) is 2. The average Bonchev–Trinajstić information content (AvgIpc) is 2.47. The third-order valence-electron chi connectivity index (χ3n) is 3.22. The number of hydrogen-bond acceptors (Lipinski definition) is 3. The van der Waals surface area contributed by atoms with E-state index in [0.717, 1.165) is 11.1 Å². The highest BCUT2D eigenvalue weighted by molar-refractivity contribution is 6.31. The summed E-state index contributed by atoms with van der Waals surface area (Å²) in [4.78, 5) is 11.8. The van der Waals surface area contributed by atoms with Gasteiger partial charge in [0.15, 0.2) is 6.73 Å². The summed E-state index contributed by atoms with van der Waals surface area (Å²) in [5.41, 5.74) is 2.37. The molecule has 2 aromatic carbocycles. The number of halogens is 1. The molecule has 0 spiro atoms. The van der Waals surface area contributed by atoms with Gasteiger partial charge in [-0.2, -0.15) is 0 Å². The number of hydrogen-bond donors (Lipinski definition) is 3. The molecule has 0 aliphatic heterocycles. The minimum atomic E-state index is -0.497. The van der Waals surface area contributed by atoms with Gasteiger partial charge in [0.05, 0.1) is 5.69 Å². The van der Waals surface area contributed by atoms with Gasteiger partial charge in [-0.15, -0.1) is 0 Å². The summed E-state index contributed by atoms with van der Waals surface area (Å²) in [5.74, 6) is 0.654. The van der Waals surface area contributed by atoms with E-state index in [-0.39, 0.29) is 18.2 Å². The van der Waals surface area contributed by atoms with Crippen LogP contribution in [0.15, 0.2) is 36.4 Å². The number of carbonyl (C=O) groups excluding carboxylic acids is 1. The third kappa shape index (κ3) is 4.05. The Morgan fingerprint density at radius 3 is 2.82 bits per heavy atom. The predicted octanol–water partition coefficient (Wildman–Crippen LogP) is 3.82. The second-order valence-corrected chi connectivity index (χ2v) is 5.22. The Bertz CT molecular complexity index is 689. The van der Waals surface area contributed by atoms with Crippen LogP contribution in [-0.4, -0.2) is 17.9 Å². The number of benzene rings is 2. The van der Waals surface area contributed by atoms with Crippen molar-refractivity contribution in [1.82, 2.24) is 5.32 Å². The van der Waals surface area contributed by atoms with Crippen LogP contribution in [0.5, 0.6) is 11.5 Å². The quantitative estimate of drug-likeness (QED) is 0.592. The lowest BCUT2D eigenvalue weighted by molar-refractivity contribution is 0.234. The fourth-order valence-corrected chi connectivity index (χ4v) is 2.01. The largest absolute Gasteiger partial charge is 0.506 e. The molecule has 0 saturated heterocycles. The predicted molar refractivity (Wildman–Crippen MR) is 86.7 cm³/mol. The molecule has 0 aliphatic rings. The van der Waals surface area contributed by atoms with E-state index in [2.05, 4.69) is 10.6 Å². The van der Waals surface area contributed by atoms with E-state index in [1.54, 1.807) is 0 Å². The summed E-state index contributed by atoms with van der Waals surface area (Å²) < 4.78 is 5.52. The minimum Gasteiger partial charge on any atom is -0.506 e. The van der Waals surface area contributed by atoms with Crippen LogP contribution in [0.4, 0.5) is 10.5 Å². The first-order valence-electron chi connectivity index (χ1n) is 6.70. The molecule has 0 aromatic heterocycles. The lowest BCUT2D eigenvalue weighted by Crippen LogP contribution is -2.32. The molecular formula is C16H17ClN2O3. The summed E-state index contributed by atoms with van der Waals surface area (Å²) in [5, 5.41) is 15.1. The zero-order chi connectivity index (χ0) is 16.1. The average molecular weight is 321 g/mol. The van der Waals surface area contributed by atoms with E-state index in [1.807, 2.05) is 32.0 Å². The van der Waals surface area contributed by atoms with Gasteiger partial charge >= 0.3 is 6.03 Å². The lowest BCUT2D eigenvalue weighted by atomic mass is 10.1. The molecule has 116 valence electrons. The van der Waals surface area contributed by atoms with Crippen molar-refractivity contribution in [2.45, 2.75) is 13.8 Å². The van der Waals surface area contributed by atoms with E-state index in [4.69, 9.17) is 16.3 Å². The number of phenolic OH excluding ortho intramolecular Hbond substituents is 1. The van der Waals surface area contributed by atoms with Crippen LogP contribution in [0.2, 0.25) is 5.02 Å². The third-order valence-corrected chi connectivity index (χ3v) is 3.46. The number of amides is 2. The molecule has 0 saturated carbocycles. The lowest BCUT2D eigenvalue weighted by Gasteiger charge is -2.12. The maximum absolute atomic E-state index is 11.8. The number of urea groups is 1. The van der Waals surface area contributed by atoms with Crippen LogP contribution in [0, 0.1) is 13.8 Å². The maximum Gasteiger partial charge on any atom is 0.321 e. The van der Waals surface area contributed by atoms with Gasteiger partial charge in [0.1, 0.15) is 11.5 Å². The van der Waals surface area contributed by atoms with Crippen LogP contribution >= 0.6 is 11.6 Å². The number of anilines is 1. The van der Waals surface area contributed by atoms with Gasteiger partial charge < -0.3 is 20.5 Å². The van der Waals surface area contributed by atoms with Gasteiger partial charge in [0.2, 0.25) is 0 Å². The van der Waals surface area contributed by atoms with Crippen molar-refractivity contribution in [1.29, 1.82) is 0 Å². The number of rotatable bonds is 4. The molecule has 0 bridgehead atoms. The second-order valence-electron chi connectivity index (χ2n) is 4.78. The van der Waals surface area contributed by atoms with Crippen molar-refractivity contribution in [3.05, 3.63) is 52.5 Å². The normalized spacial score (nSPS) is 10.1. The molecule has 0 fully saturated rings. The number of phenols is 1. The molecule has 2 rings (SSSR count). The van der Waals surface area contributed by atoms with Crippen LogP contribution in [0.1, 0.15) is 11.1 Å². The van der Waals surface area contributed by atoms with E-state index in [0.29, 0.717) is 10.8 Å². The standard InChI is InChI=1S/C16H17ClN2O3/c1-10-4-3-5-15(11(10)2)22-9-18-16(21)19-13-8-12(17)6-7-14(13)20/h3-8,20H,9H2,1-2H3,(H2,18,19,21). The summed E-state index contributed by atoms with van der Waals surface area (Å²) in [6.45, 7) is 3.95. The van der Waals surface area contributed by atoms with Crippen LogP contribution in [0.25, 0.3) is 0 Å². The summed E-state index contributed by atoms with van der Waals surface area (Å²) in [6, 6.07) is 9.62. The van der Waals surface area contributed by atoms with Gasteiger partial charge in [0, 0.05) is 5.02 Å². The Hall–Kier alpha value is -2.40. The van der Waals surface area contributed by atoms with E-state index in [9.17, 15) is 9.90 Å². The molecule has 0 radical (unpaired) electrons. The highest BCUT2D eigenvalue weighted by atomic mass is 35.5. The molecule has 0 heterocycles. The Morgan fingerprint density at radius 1 is 1.27 bits per heavy atom. The molecular weight excluding hydrogens is 304 g/mol. The van der Waals surface area contributed by atoms with Gasteiger partial charge in [-0.05, 0) is 49.2 Å². The zero-order valence-corrected chi connectivity index (χ0v) is 13.1. The fraction of sp³-hybridized carbons (Fsp3) is 0.188. The van der Waals surface area contributed by atoms with Crippen LogP contribution in [-0.2, 0) is 0 Å². The summed E-state index contributed by atoms with van der Waals surface area (Å²) in [6.07, 6.45) is 0. The molecule has 6 heteroatoms. The minimum absolute atomic E-state index is 0.0114. The van der Waals surface area contributed by atoms with Crippen molar-refractivity contribution in [3.63, 3.8) is 0 Å². The molecule has 2 aromatic rings. The molecule has 0 unspecified atom stereocenters. The Morgan fingerprint density at radius 2 is 2.05 bits per heavy atom. The second kappa shape index (κ2) is 7.04. The molecule has 5 nitrogen and oxygen atoms in total. The molecule has 0 aliphatic carbocycles. The SMILES string of the molecule is Cc1cccc(OCNC(=O)Nc2cc(Cl)ccc2O)c1C. The van der Waals surface area contributed by atoms with Gasteiger partial charge in [-0.3, -0.25) is 0 Å². The summed E-state index contributed by atoms with van der Waals surface area (Å²) in [7, 11) is 0. The Labute approximate surface area is 133 Å². The number of aryl methyl sites for hydroxylation is 1. The first kappa shape index (κ1) is 16.0. The van der Waals surface area contributed by atoms with E-state index in [1.165, 1.54) is 18.2 Å². The smallest absolute Gasteiger partial charge is 0.321 e. The van der Waals surface area contributed by atoms with Crippen LogP contribution in [0.3, 0.4) is 0 Å². The van der Waals surface area contributed by atoms with Crippen molar-refractivity contribution >= 4 is 23.3 Å². The number of carbonyl (C=O) groups is 1. The molecule has 3 N–H and O–H groups in total. The Kier molecular flexibility index (Phi) is 5.12. The molecule has 22 heavy (non-hydrogen) atoms. The molecule has 2 amide bonds. The van der Waals surface area contributed by atoms with Crippen molar-refractivity contribution in [2.75, 3.05) is 12.0 Å². The van der Waals surface area contributed by atoms with E-state index >= 15 is 0 Å². The Balaban J connectivity index is 1.88. The highest BCUT2D eigenvalue weighted by Gasteiger charge is 2.07. The van der Waals surface area contributed by atoms with Gasteiger partial charge in [0.25, 0.3) is 0 Å². The fourth-order valence-electron chi connectivity index (χ4n) is 1.83. The van der Waals surface area contributed by atoms with Gasteiger partial charge in [-0.1, -0.05) is 23.7 Å². The highest BCUT2D eigenvalue weighted by Crippen LogP contribution is 2.26. The van der Waals surface area contributed by atoms with Crippen molar-refractivity contribution in [3.8, 4) is 11.5 Å². The first-order valence-corrected chi connectivity index (χ1v) is 7.07. The molecule has 0 atom stereocenters. The monoisotopic (exact) mass is 320 g/mol. The maximum atomic E-state index is 11.8. The van der Waals surface area contributed by atoms with Crippen LogP contribution < -0.4 is 15.4 Å². The van der Waals surface area contributed by atoms with E-state index < -0.39 is 6.03 Å². The zero-order valence-electron chi connectivity index (χ0n) is 12.3. The first-order chi connectivity index (χ1) is 10.5. The number of ether oxygens (including phenoxy) is 1. The van der Waals surface area contributed by atoms with Gasteiger partial charge in [-0.25, -0.2) is 4.79 Å².